The molecule has 0 spiro atoms. The molecule has 0 aliphatic rings. The van der Waals surface area contributed by atoms with Crippen LogP contribution in [0.15, 0.2) is 42.6 Å². The second-order valence-corrected chi connectivity index (χ2v) is 5.44. The van der Waals surface area contributed by atoms with E-state index in [1.54, 1.807) is 7.11 Å². The second-order valence-electron chi connectivity index (χ2n) is 5.44. The number of hydrogen-bond acceptors (Lipinski definition) is 3. The van der Waals surface area contributed by atoms with Gasteiger partial charge in [0.2, 0.25) is 0 Å². The van der Waals surface area contributed by atoms with Gasteiger partial charge in [-0.15, -0.1) is 0 Å². The molecule has 1 aromatic carbocycles. The van der Waals surface area contributed by atoms with Crippen molar-refractivity contribution in [2.24, 2.45) is 7.05 Å². The van der Waals surface area contributed by atoms with Crippen LogP contribution in [0.4, 0.5) is 0 Å². The summed E-state index contributed by atoms with van der Waals surface area (Å²) >= 11 is 0. The number of likely N-dealkylation sites (N-methyl/N-ethyl adjacent to an activating group) is 1. The maximum atomic E-state index is 12.3. The Bertz CT molecular complexity index is 634. The van der Waals surface area contributed by atoms with Crippen molar-refractivity contribution < 1.29 is 9.53 Å². The van der Waals surface area contributed by atoms with Crippen LogP contribution in [-0.4, -0.2) is 43.1 Å². The van der Waals surface area contributed by atoms with Gasteiger partial charge in [-0.3, -0.25) is 4.79 Å². The van der Waals surface area contributed by atoms with Crippen molar-refractivity contribution in [3.05, 3.63) is 53.9 Å². The van der Waals surface area contributed by atoms with E-state index in [4.69, 9.17) is 4.74 Å². The van der Waals surface area contributed by atoms with E-state index < -0.39 is 0 Å². The molecule has 118 valence electrons. The van der Waals surface area contributed by atoms with Crippen LogP contribution >= 0.6 is 0 Å². The minimum Gasteiger partial charge on any atom is -0.496 e. The number of amides is 1. The Morgan fingerprint density at radius 3 is 2.59 bits per heavy atom. The highest BCUT2D eigenvalue weighted by Crippen LogP contribution is 2.27. The molecular weight excluding hydrogens is 278 g/mol. The van der Waals surface area contributed by atoms with Crippen LogP contribution in [0.3, 0.4) is 0 Å². The number of nitrogens with zero attached hydrogens (tertiary/aromatic N) is 2. The van der Waals surface area contributed by atoms with E-state index in [0.29, 0.717) is 12.2 Å². The van der Waals surface area contributed by atoms with E-state index in [9.17, 15) is 4.79 Å². The van der Waals surface area contributed by atoms with Crippen LogP contribution in [-0.2, 0) is 7.05 Å². The third-order valence-electron chi connectivity index (χ3n) is 3.75. The molecule has 22 heavy (non-hydrogen) atoms. The molecular formula is C17H23N3O2. The average Bonchev–Trinajstić information content (AvgIpc) is 2.93. The van der Waals surface area contributed by atoms with Crippen LogP contribution in [0.5, 0.6) is 5.75 Å². The topological polar surface area (TPSA) is 46.5 Å². The van der Waals surface area contributed by atoms with E-state index >= 15 is 0 Å². The number of aryl methyl sites for hydroxylation is 1. The van der Waals surface area contributed by atoms with Gasteiger partial charge in [-0.2, -0.15) is 0 Å². The van der Waals surface area contributed by atoms with Crippen molar-refractivity contribution in [1.82, 2.24) is 14.8 Å². The van der Waals surface area contributed by atoms with Crippen LogP contribution in [0.1, 0.15) is 22.1 Å². The zero-order chi connectivity index (χ0) is 16.1. The van der Waals surface area contributed by atoms with Gasteiger partial charge in [-0.05, 0) is 32.3 Å². The van der Waals surface area contributed by atoms with Gasteiger partial charge in [0.25, 0.3) is 5.91 Å². The van der Waals surface area contributed by atoms with E-state index in [1.165, 1.54) is 0 Å². The lowest BCUT2D eigenvalue weighted by atomic mass is 10.0. The number of ether oxygens (including phenoxy) is 1. The third kappa shape index (κ3) is 3.49. The van der Waals surface area contributed by atoms with E-state index in [2.05, 4.69) is 10.2 Å². The fraction of sp³-hybridized carbons (Fsp3) is 0.353. The average molecular weight is 301 g/mol. The summed E-state index contributed by atoms with van der Waals surface area (Å²) in [6.45, 7) is 0.511. The molecule has 0 saturated heterocycles. The largest absolute Gasteiger partial charge is 0.496 e. The van der Waals surface area contributed by atoms with Gasteiger partial charge in [0.05, 0.1) is 13.2 Å². The zero-order valence-electron chi connectivity index (χ0n) is 13.5. The Hall–Kier alpha value is -2.27. The lowest BCUT2D eigenvalue weighted by Gasteiger charge is -2.26. The van der Waals surface area contributed by atoms with Crippen molar-refractivity contribution in [3.63, 3.8) is 0 Å². The van der Waals surface area contributed by atoms with Crippen molar-refractivity contribution in [2.75, 3.05) is 27.7 Å². The van der Waals surface area contributed by atoms with Gasteiger partial charge in [-0.25, -0.2) is 0 Å². The van der Waals surface area contributed by atoms with Crippen LogP contribution in [0.25, 0.3) is 0 Å². The molecule has 0 saturated carbocycles. The minimum absolute atomic E-state index is 0.0420. The molecule has 1 aromatic heterocycles. The molecule has 0 aliphatic heterocycles. The number of rotatable bonds is 6. The van der Waals surface area contributed by atoms with Crippen LogP contribution < -0.4 is 10.1 Å². The molecule has 5 nitrogen and oxygen atoms in total. The molecule has 0 radical (unpaired) electrons. The highest BCUT2D eigenvalue weighted by molar-refractivity contribution is 5.92. The molecule has 0 fully saturated rings. The first kappa shape index (κ1) is 16.1. The Labute approximate surface area is 131 Å². The molecule has 1 N–H and O–H groups in total. The van der Waals surface area contributed by atoms with Gasteiger partial charge < -0.3 is 19.5 Å². The standard InChI is InChI=1S/C17H23N3O2/c1-19(2)15(13-8-5-6-10-16(13)22-4)12-18-17(21)14-9-7-11-20(14)3/h5-11,15H,12H2,1-4H3,(H,18,21). The van der Waals surface area contributed by atoms with Gasteiger partial charge in [-0.1, -0.05) is 18.2 Å². The number of carbonyl (C=O) groups excluding carboxylic acids is 1. The molecule has 0 aliphatic carbocycles. The van der Waals surface area contributed by atoms with Gasteiger partial charge in [0.15, 0.2) is 0 Å². The first-order valence-electron chi connectivity index (χ1n) is 7.23. The summed E-state index contributed by atoms with van der Waals surface area (Å²) in [6, 6.07) is 11.6. The first-order chi connectivity index (χ1) is 10.5. The van der Waals surface area contributed by atoms with Crippen molar-refractivity contribution >= 4 is 5.91 Å². The third-order valence-corrected chi connectivity index (χ3v) is 3.75. The normalized spacial score (nSPS) is 12.2. The summed E-state index contributed by atoms with van der Waals surface area (Å²) in [7, 11) is 7.50. The number of para-hydroxylation sites is 1. The maximum absolute atomic E-state index is 12.3. The highest BCUT2D eigenvalue weighted by Gasteiger charge is 2.19. The SMILES string of the molecule is COc1ccccc1C(CNC(=O)c1cccn1C)N(C)C. The fourth-order valence-electron chi connectivity index (χ4n) is 2.49. The smallest absolute Gasteiger partial charge is 0.267 e. The highest BCUT2D eigenvalue weighted by atomic mass is 16.5. The number of carbonyl (C=O) groups is 1. The van der Waals surface area contributed by atoms with Crippen LogP contribution in [0, 0.1) is 0 Å². The Kier molecular flexibility index (Phi) is 5.22. The molecule has 1 unspecified atom stereocenters. The molecule has 2 rings (SSSR count). The summed E-state index contributed by atoms with van der Waals surface area (Å²) in [4.78, 5) is 14.3. The summed E-state index contributed by atoms with van der Waals surface area (Å²) in [5.74, 6) is 0.753. The minimum atomic E-state index is -0.0748. The summed E-state index contributed by atoms with van der Waals surface area (Å²) in [5, 5.41) is 3.00. The molecule has 1 heterocycles. The Morgan fingerprint density at radius 2 is 2.00 bits per heavy atom. The quantitative estimate of drug-likeness (QED) is 0.888. The van der Waals surface area contributed by atoms with Crippen molar-refractivity contribution in [2.45, 2.75) is 6.04 Å². The predicted molar refractivity (Wildman–Crippen MR) is 87.2 cm³/mol. The zero-order valence-corrected chi connectivity index (χ0v) is 13.5. The van der Waals surface area contributed by atoms with Crippen molar-refractivity contribution in [3.8, 4) is 5.75 Å². The summed E-state index contributed by atoms with van der Waals surface area (Å²) in [6.07, 6.45) is 1.86. The fourth-order valence-corrected chi connectivity index (χ4v) is 2.49. The number of nitrogens with one attached hydrogen (secondary N) is 1. The molecule has 1 atom stereocenters. The predicted octanol–water partition coefficient (Wildman–Crippen LogP) is 2.07. The number of aromatic nitrogens is 1. The first-order valence-corrected chi connectivity index (χ1v) is 7.23. The number of methoxy groups -OCH3 is 1. The van der Waals surface area contributed by atoms with E-state index in [1.807, 2.05) is 68.3 Å². The van der Waals surface area contributed by atoms with Crippen molar-refractivity contribution in [1.29, 1.82) is 0 Å². The maximum Gasteiger partial charge on any atom is 0.267 e. The lowest BCUT2D eigenvalue weighted by Crippen LogP contribution is -2.35. The molecule has 1 amide bonds. The van der Waals surface area contributed by atoms with E-state index in [0.717, 1.165) is 11.3 Å². The van der Waals surface area contributed by atoms with Gasteiger partial charge in [0, 0.05) is 25.4 Å². The molecule has 5 heteroatoms. The van der Waals surface area contributed by atoms with Gasteiger partial charge >= 0.3 is 0 Å². The van der Waals surface area contributed by atoms with Gasteiger partial charge in [0.1, 0.15) is 11.4 Å². The lowest BCUT2D eigenvalue weighted by molar-refractivity contribution is 0.0933. The monoisotopic (exact) mass is 301 g/mol. The molecule has 2 aromatic rings. The Morgan fingerprint density at radius 1 is 1.27 bits per heavy atom. The van der Waals surface area contributed by atoms with Crippen LogP contribution in [0.2, 0.25) is 0 Å². The summed E-state index contributed by atoms with van der Waals surface area (Å²) in [5.41, 5.74) is 1.71. The van der Waals surface area contributed by atoms with E-state index in [-0.39, 0.29) is 11.9 Å². The number of benzene rings is 1. The number of hydrogen-bond donors (Lipinski definition) is 1. The second kappa shape index (κ2) is 7.13. The summed E-state index contributed by atoms with van der Waals surface area (Å²) < 4.78 is 7.24. The molecule has 0 bridgehead atoms. The Balaban J connectivity index is 2.13.